The van der Waals surface area contributed by atoms with Crippen molar-refractivity contribution in [3.63, 3.8) is 0 Å². The molecule has 13 heteroatoms. The quantitative estimate of drug-likeness (QED) is 0.353. The summed E-state index contributed by atoms with van der Waals surface area (Å²) in [6.07, 6.45) is 2.29. The molecule has 1 aliphatic rings. The van der Waals surface area contributed by atoms with Gasteiger partial charge in [-0.05, 0) is 6.92 Å². The molecule has 2 aromatic heterocycles. The van der Waals surface area contributed by atoms with Gasteiger partial charge in [0.05, 0.1) is 30.5 Å². The first-order chi connectivity index (χ1) is 15.7. The summed E-state index contributed by atoms with van der Waals surface area (Å²) in [5.74, 6) is -1.21. The second-order valence-electron chi connectivity index (χ2n) is 7.55. The number of H-pyrrole nitrogens is 1. The number of hydrogen-bond donors (Lipinski definition) is 2. The van der Waals surface area contributed by atoms with Crippen LogP contribution in [0.25, 0.3) is 0 Å². The van der Waals surface area contributed by atoms with Gasteiger partial charge in [0.15, 0.2) is 0 Å². The number of carbonyl (C=O) groups is 2. The Kier molecular flexibility index (Phi) is 7.55. The van der Waals surface area contributed by atoms with Gasteiger partial charge in [0, 0.05) is 37.7 Å². The van der Waals surface area contributed by atoms with Crippen LogP contribution in [0.4, 0.5) is 0 Å². The Bertz CT molecular complexity index is 1150. The van der Waals surface area contributed by atoms with E-state index >= 15 is 0 Å². The van der Waals surface area contributed by atoms with Gasteiger partial charge in [-0.15, -0.1) is 5.10 Å². The molecule has 2 aromatic rings. The Hall–Kier alpha value is -3.58. The van der Waals surface area contributed by atoms with Gasteiger partial charge in [0.2, 0.25) is 0 Å². The first kappa shape index (κ1) is 24.1. The van der Waals surface area contributed by atoms with Gasteiger partial charge >= 0.3 is 17.6 Å². The molecule has 0 radical (unpaired) electrons. The summed E-state index contributed by atoms with van der Waals surface area (Å²) in [6.45, 7) is 5.77. The van der Waals surface area contributed by atoms with E-state index in [2.05, 4.69) is 21.9 Å². The minimum Gasteiger partial charge on any atom is -0.462 e. The number of esters is 2. The average molecular weight is 463 g/mol. The summed E-state index contributed by atoms with van der Waals surface area (Å²) in [5, 5.41) is 17.9. The summed E-state index contributed by atoms with van der Waals surface area (Å²) < 4.78 is 18.4. The van der Waals surface area contributed by atoms with E-state index in [0.29, 0.717) is 17.7 Å². The number of ether oxygens (including phenoxy) is 3. The van der Waals surface area contributed by atoms with Gasteiger partial charge in [-0.1, -0.05) is 11.8 Å². The third-order valence-electron chi connectivity index (χ3n) is 5.07. The highest BCUT2D eigenvalue weighted by atomic mass is 16.5. The van der Waals surface area contributed by atoms with E-state index in [-0.39, 0.29) is 31.8 Å². The molecule has 0 bridgehead atoms. The molecule has 3 heterocycles. The largest absolute Gasteiger partial charge is 0.462 e. The molecule has 178 valence electrons. The molecule has 0 unspecified atom stereocenters. The summed E-state index contributed by atoms with van der Waals surface area (Å²) in [7, 11) is 0. The zero-order valence-electron chi connectivity index (χ0n) is 18.2. The minimum atomic E-state index is -0.702. The second kappa shape index (κ2) is 10.4. The van der Waals surface area contributed by atoms with Gasteiger partial charge in [-0.2, -0.15) is 0 Å². The van der Waals surface area contributed by atoms with Gasteiger partial charge < -0.3 is 19.3 Å². The van der Waals surface area contributed by atoms with Gasteiger partial charge in [0.25, 0.3) is 5.56 Å². The number of aromatic amines is 1. The fraction of sp³-hybridized carbons (Fsp3) is 0.500. The van der Waals surface area contributed by atoms with Crippen LogP contribution in [0.5, 0.6) is 0 Å². The minimum absolute atomic E-state index is 0.00981. The first-order valence-corrected chi connectivity index (χ1v) is 10.2. The van der Waals surface area contributed by atoms with E-state index in [1.165, 1.54) is 22.4 Å². The molecule has 0 spiro atoms. The van der Waals surface area contributed by atoms with Crippen molar-refractivity contribution in [3.8, 4) is 0 Å². The van der Waals surface area contributed by atoms with Crippen LogP contribution in [-0.2, 0) is 30.2 Å². The number of hydrogen-bond acceptors (Lipinski definition) is 10. The van der Waals surface area contributed by atoms with Gasteiger partial charge in [-0.3, -0.25) is 19.1 Å². The van der Waals surface area contributed by atoms with Crippen LogP contribution in [0.2, 0.25) is 0 Å². The van der Waals surface area contributed by atoms with Crippen LogP contribution in [0.1, 0.15) is 36.9 Å². The maximum atomic E-state index is 12.2. The maximum absolute atomic E-state index is 12.2. The summed E-state index contributed by atoms with van der Waals surface area (Å²) >= 11 is 0. The molecule has 0 amide bonds. The van der Waals surface area contributed by atoms with Crippen molar-refractivity contribution in [2.75, 3.05) is 19.8 Å². The Morgan fingerprint density at radius 2 is 2.09 bits per heavy atom. The average Bonchev–Trinajstić information content (AvgIpc) is 3.41. The standard InChI is InChI=1S/C20H25N5O8/c1-11-7-24(20(30)21-18(11)28)17-6-15(16(9-26)33-17)25-8-14(22-23-25)4-5-31-19(29)12(2)10-32-13(3)27/h7-8,15-17,26H,2,4-6,9-10H2,1,3H3,(H,21,28,30)/t15-,16+,17+/m0/s1. The Balaban J connectivity index is 1.60. The number of nitrogens with zero attached hydrogens (tertiary/aromatic N) is 4. The zero-order chi connectivity index (χ0) is 24.1. The number of aromatic nitrogens is 5. The second-order valence-corrected chi connectivity index (χ2v) is 7.55. The number of aliphatic hydroxyl groups excluding tert-OH is 1. The molecule has 2 N–H and O–H groups in total. The van der Waals surface area contributed by atoms with Crippen LogP contribution in [-0.4, -0.2) is 67.5 Å². The smallest absolute Gasteiger partial charge is 0.336 e. The fourth-order valence-electron chi connectivity index (χ4n) is 3.32. The summed E-state index contributed by atoms with van der Waals surface area (Å²) in [5.41, 5.74) is -0.173. The van der Waals surface area contributed by atoms with Crippen molar-refractivity contribution < 1.29 is 28.9 Å². The molecular weight excluding hydrogens is 438 g/mol. The molecule has 0 saturated carbocycles. The van der Waals surface area contributed by atoms with Crippen LogP contribution < -0.4 is 11.2 Å². The highest BCUT2D eigenvalue weighted by Gasteiger charge is 2.38. The number of aryl methyl sites for hydroxylation is 1. The Morgan fingerprint density at radius 1 is 1.33 bits per heavy atom. The SMILES string of the molecule is C=C(COC(C)=O)C(=O)OCCc1cn([C@H]2C[C@H](n3cc(C)c(=O)[nH]c3=O)O[C@@H]2CO)nn1. The molecule has 1 saturated heterocycles. The van der Waals surface area contributed by atoms with Crippen molar-refractivity contribution in [1.82, 2.24) is 24.5 Å². The third kappa shape index (κ3) is 5.81. The zero-order valence-corrected chi connectivity index (χ0v) is 18.2. The lowest BCUT2D eigenvalue weighted by atomic mass is 10.1. The van der Waals surface area contributed by atoms with Crippen molar-refractivity contribution in [3.05, 3.63) is 56.6 Å². The van der Waals surface area contributed by atoms with E-state index in [9.17, 15) is 24.3 Å². The number of rotatable bonds is 9. The van der Waals surface area contributed by atoms with E-state index in [1.54, 1.807) is 13.1 Å². The molecular formula is C20H25N5O8. The topological polar surface area (TPSA) is 168 Å². The summed E-state index contributed by atoms with van der Waals surface area (Å²) in [6, 6.07) is -0.411. The highest BCUT2D eigenvalue weighted by molar-refractivity contribution is 5.88. The van der Waals surface area contributed by atoms with Crippen molar-refractivity contribution >= 4 is 11.9 Å². The van der Waals surface area contributed by atoms with Gasteiger partial charge in [-0.25, -0.2) is 14.3 Å². The van der Waals surface area contributed by atoms with Crippen molar-refractivity contribution in [1.29, 1.82) is 0 Å². The molecule has 1 aliphatic heterocycles. The van der Waals surface area contributed by atoms with Crippen LogP contribution >= 0.6 is 0 Å². The molecule has 13 nitrogen and oxygen atoms in total. The number of aliphatic hydroxyl groups is 1. The van der Waals surface area contributed by atoms with Crippen molar-refractivity contribution in [2.24, 2.45) is 0 Å². The van der Waals surface area contributed by atoms with E-state index in [4.69, 9.17) is 14.2 Å². The molecule has 1 fully saturated rings. The molecule has 3 rings (SSSR count). The lowest BCUT2D eigenvalue weighted by Crippen LogP contribution is -2.33. The highest BCUT2D eigenvalue weighted by Crippen LogP contribution is 2.35. The number of carbonyl (C=O) groups excluding carboxylic acids is 2. The van der Waals surface area contributed by atoms with Crippen LogP contribution in [0.3, 0.4) is 0 Å². The summed E-state index contributed by atoms with van der Waals surface area (Å²) in [4.78, 5) is 48.6. The van der Waals surface area contributed by atoms with E-state index in [1.807, 2.05) is 0 Å². The molecule has 0 aromatic carbocycles. The Morgan fingerprint density at radius 3 is 2.79 bits per heavy atom. The first-order valence-electron chi connectivity index (χ1n) is 10.2. The lowest BCUT2D eigenvalue weighted by Gasteiger charge is -2.15. The van der Waals surface area contributed by atoms with E-state index in [0.717, 1.165) is 0 Å². The maximum Gasteiger partial charge on any atom is 0.336 e. The normalized spacial score (nSPS) is 19.9. The van der Waals surface area contributed by atoms with E-state index < -0.39 is 41.6 Å². The van der Waals surface area contributed by atoms with Crippen molar-refractivity contribution in [2.45, 2.75) is 45.1 Å². The number of nitrogens with one attached hydrogen (secondary N) is 1. The predicted molar refractivity (Wildman–Crippen MR) is 111 cm³/mol. The lowest BCUT2D eigenvalue weighted by molar-refractivity contribution is -0.143. The molecule has 3 atom stereocenters. The molecule has 0 aliphatic carbocycles. The van der Waals surface area contributed by atoms with Gasteiger partial charge in [0.1, 0.15) is 18.9 Å². The monoisotopic (exact) mass is 463 g/mol. The van der Waals surface area contributed by atoms with Crippen LogP contribution in [0, 0.1) is 6.92 Å². The van der Waals surface area contributed by atoms with Crippen LogP contribution in [0.15, 0.2) is 34.1 Å². The molecule has 33 heavy (non-hydrogen) atoms. The predicted octanol–water partition coefficient (Wildman–Crippen LogP) is -0.837. The third-order valence-corrected chi connectivity index (χ3v) is 5.07. The Labute approximate surface area is 187 Å². The fourth-order valence-corrected chi connectivity index (χ4v) is 3.32.